The standard InChI is InChI=1S/C13H23BrClN3O/c1-4-17(7-9-19-8-6-14)10-12-13(15)11(3)16-18(12)5-2/h4-10H2,1-3H3. The van der Waals surface area contributed by atoms with Gasteiger partial charge in [0.15, 0.2) is 0 Å². The Morgan fingerprint density at radius 2 is 2.11 bits per heavy atom. The van der Waals surface area contributed by atoms with Crippen LogP contribution in [0.25, 0.3) is 0 Å². The van der Waals surface area contributed by atoms with Gasteiger partial charge in [-0.2, -0.15) is 5.10 Å². The zero-order valence-corrected chi connectivity index (χ0v) is 14.3. The van der Waals surface area contributed by atoms with Crippen LogP contribution in [0.3, 0.4) is 0 Å². The van der Waals surface area contributed by atoms with Crippen LogP contribution in [0.15, 0.2) is 0 Å². The fourth-order valence-corrected chi connectivity index (χ4v) is 2.36. The first kappa shape index (κ1) is 17.0. The number of nitrogens with zero attached hydrogens (tertiary/aromatic N) is 3. The molecular formula is C13H23BrClN3O. The largest absolute Gasteiger partial charge is 0.379 e. The molecule has 0 aliphatic carbocycles. The van der Waals surface area contributed by atoms with E-state index in [1.165, 1.54) is 0 Å². The van der Waals surface area contributed by atoms with E-state index in [1.807, 2.05) is 11.6 Å². The second-order valence-electron chi connectivity index (χ2n) is 4.33. The highest BCUT2D eigenvalue weighted by Crippen LogP contribution is 2.21. The van der Waals surface area contributed by atoms with E-state index < -0.39 is 0 Å². The molecule has 0 radical (unpaired) electrons. The lowest BCUT2D eigenvalue weighted by molar-refractivity contribution is 0.114. The predicted octanol–water partition coefficient (Wildman–Crippen LogP) is 3.10. The number of alkyl halides is 1. The number of aromatic nitrogens is 2. The molecule has 0 unspecified atom stereocenters. The highest BCUT2D eigenvalue weighted by Gasteiger charge is 2.15. The fourth-order valence-electron chi connectivity index (χ4n) is 1.93. The third-order valence-electron chi connectivity index (χ3n) is 3.05. The van der Waals surface area contributed by atoms with E-state index in [9.17, 15) is 0 Å². The number of rotatable bonds is 9. The highest BCUT2D eigenvalue weighted by molar-refractivity contribution is 9.09. The average molecular weight is 353 g/mol. The maximum absolute atomic E-state index is 6.33. The molecule has 0 saturated heterocycles. The monoisotopic (exact) mass is 351 g/mol. The first-order valence-electron chi connectivity index (χ1n) is 6.71. The summed E-state index contributed by atoms with van der Waals surface area (Å²) >= 11 is 9.68. The molecule has 0 spiro atoms. The summed E-state index contributed by atoms with van der Waals surface area (Å²) in [5, 5.41) is 6.12. The van der Waals surface area contributed by atoms with Crippen molar-refractivity contribution in [2.24, 2.45) is 0 Å². The maximum Gasteiger partial charge on any atom is 0.0860 e. The van der Waals surface area contributed by atoms with Crippen LogP contribution in [-0.4, -0.2) is 46.3 Å². The predicted molar refractivity (Wildman–Crippen MR) is 83.2 cm³/mol. The molecule has 0 fully saturated rings. The number of aryl methyl sites for hydroxylation is 2. The van der Waals surface area contributed by atoms with Crippen LogP contribution in [0.5, 0.6) is 0 Å². The van der Waals surface area contributed by atoms with Crippen LogP contribution in [0.2, 0.25) is 5.02 Å². The smallest absolute Gasteiger partial charge is 0.0860 e. The Morgan fingerprint density at radius 3 is 2.68 bits per heavy atom. The van der Waals surface area contributed by atoms with E-state index in [2.05, 4.69) is 39.8 Å². The summed E-state index contributed by atoms with van der Waals surface area (Å²) < 4.78 is 7.49. The second kappa shape index (κ2) is 8.95. The minimum Gasteiger partial charge on any atom is -0.379 e. The lowest BCUT2D eigenvalue weighted by Gasteiger charge is -2.20. The van der Waals surface area contributed by atoms with Gasteiger partial charge in [-0.25, -0.2) is 0 Å². The number of likely N-dealkylation sites (N-methyl/N-ethyl adjacent to an activating group) is 1. The van der Waals surface area contributed by atoms with Crippen LogP contribution < -0.4 is 0 Å². The molecule has 19 heavy (non-hydrogen) atoms. The van der Waals surface area contributed by atoms with Crippen molar-refractivity contribution >= 4 is 27.5 Å². The van der Waals surface area contributed by atoms with Crippen molar-refractivity contribution in [3.8, 4) is 0 Å². The van der Waals surface area contributed by atoms with E-state index in [0.717, 1.165) is 61.1 Å². The van der Waals surface area contributed by atoms with Crippen molar-refractivity contribution in [1.82, 2.24) is 14.7 Å². The van der Waals surface area contributed by atoms with Gasteiger partial charge in [0.1, 0.15) is 0 Å². The molecule has 4 nitrogen and oxygen atoms in total. The Hall–Kier alpha value is -0.100. The molecule has 0 aliphatic heterocycles. The molecule has 1 rings (SSSR count). The molecule has 0 atom stereocenters. The van der Waals surface area contributed by atoms with Crippen molar-refractivity contribution in [1.29, 1.82) is 0 Å². The molecule has 6 heteroatoms. The van der Waals surface area contributed by atoms with Gasteiger partial charge < -0.3 is 4.74 Å². The van der Waals surface area contributed by atoms with Crippen molar-refractivity contribution in [2.45, 2.75) is 33.9 Å². The van der Waals surface area contributed by atoms with Gasteiger partial charge in [0.2, 0.25) is 0 Å². The van der Waals surface area contributed by atoms with Gasteiger partial charge in [0, 0.05) is 25.0 Å². The molecule has 0 bridgehead atoms. The van der Waals surface area contributed by atoms with Gasteiger partial charge in [-0.3, -0.25) is 9.58 Å². The van der Waals surface area contributed by atoms with Crippen molar-refractivity contribution in [2.75, 3.05) is 31.6 Å². The SMILES string of the molecule is CCN(CCOCCBr)Cc1c(Cl)c(C)nn1CC. The summed E-state index contributed by atoms with van der Waals surface area (Å²) in [5.74, 6) is 0. The molecule has 0 aliphatic rings. The number of hydrogen-bond acceptors (Lipinski definition) is 3. The zero-order chi connectivity index (χ0) is 14.3. The van der Waals surface area contributed by atoms with Crippen LogP contribution in [0, 0.1) is 6.92 Å². The summed E-state index contributed by atoms with van der Waals surface area (Å²) in [5.41, 5.74) is 2.01. The Morgan fingerprint density at radius 1 is 1.37 bits per heavy atom. The molecule has 1 heterocycles. The number of ether oxygens (including phenoxy) is 1. The molecule has 0 N–H and O–H groups in total. The van der Waals surface area contributed by atoms with Crippen molar-refractivity contribution < 1.29 is 4.74 Å². The Bertz CT molecular complexity index is 384. The fraction of sp³-hybridized carbons (Fsp3) is 0.769. The van der Waals surface area contributed by atoms with Crippen LogP contribution >= 0.6 is 27.5 Å². The molecule has 1 aromatic rings. The highest BCUT2D eigenvalue weighted by atomic mass is 79.9. The Labute approximate surface area is 129 Å². The molecule has 0 aromatic carbocycles. The lowest BCUT2D eigenvalue weighted by Crippen LogP contribution is -2.28. The average Bonchev–Trinajstić information content (AvgIpc) is 2.69. The van der Waals surface area contributed by atoms with Gasteiger partial charge in [-0.1, -0.05) is 34.5 Å². The second-order valence-corrected chi connectivity index (χ2v) is 5.50. The zero-order valence-electron chi connectivity index (χ0n) is 12.0. The molecule has 110 valence electrons. The first-order valence-corrected chi connectivity index (χ1v) is 8.21. The topological polar surface area (TPSA) is 30.3 Å². The van der Waals surface area contributed by atoms with E-state index in [4.69, 9.17) is 16.3 Å². The third-order valence-corrected chi connectivity index (χ3v) is 3.86. The molecule has 0 amide bonds. The van der Waals surface area contributed by atoms with E-state index in [0.29, 0.717) is 0 Å². The number of halogens is 2. The molecule has 0 saturated carbocycles. The van der Waals surface area contributed by atoms with Crippen LogP contribution in [0.4, 0.5) is 0 Å². The maximum atomic E-state index is 6.33. The Kier molecular flexibility index (Phi) is 7.99. The third kappa shape index (κ3) is 5.06. The summed E-state index contributed by atoms with van der Waals surface area (Å²) in [6, 6.07) is 0. The molecular weight excluding hydrogens is 330 g/mol. The molecule has 1 aromatic heterocycles. The quantitative estimate of drug-likeness (QED) is 0.505. The Balaban J connectivity index is 2.59. The van der Waals surface area contributed by atoms with E-state index in [-0.39, 0.29) is 0 Å². The first-order chi connectivity index (χ1) is 9.13. The van der Waals surface area contributed by atoms with Crippen LogP contribution in [-0.2, 0) is 17.8 Å². The minimum atomic E-state index is 0.746. The van der Waals surface area contributed by atoms with Gasteiger partial charge in [0.25, 0.3) is 0 Å². The number of hydrogen-bond donors (Lipinski definition) is 0. The lowest BCUT2D eigenvalue weighted by atomic mass is 10.3. The summed E-state index contributed by atoms with van der Waals surface area (Å²) in [6.07, 6.45) is 0. The van der Waals surface area contributed by atoms with E-state index >= 15 is 0 Å². The summed E-state index contributed by atoms with van der Waals surface area (Å²) in [6.45, 7) is 11.2. The van der Waals surface area contributed by atoms with E-state index in [1.54, 1.807) is 0 Å². The summed E-state index contributed by atoms with van der Waals surface area (Å²) in [7, 11) is 0. The summed E-state index contributed by atoms with van der Waals surface area (Å²) in [4.78, 5) is 2.32. The van der Waals surface area contributed by atoms with Gasteiger partial charge in [0.05, 0.1) is 29.6 Å². The van der Waals surface area contributed by atoms with Gasteiger partial charge in [-0.15, -0.1) is 0 Å². The van der Waals surface area contributed by atoms with Gasteiger partial charge in [-0.05, 0) is 20.4 Å². The van der Waals surface area contributed by atoms with Crippen molar-refractivity contribution in [3.63, 3.8) is 0 Å². The normalized spacial score (nSPS) is 11.5. The minimum absolute atomic E-state index is 0.746. The van der Waals surface area contributed by atoms with Crippen molar-refractivity contribution in [3.05, 3.63) is 16.4 Å². The van der Waals surface area contributed by atoms with Gasteiger partial charge >= 0.3 is 0 Å². The van der Waals surface area contributed by atoms with Crippen LogP contribution in [0.1, 0.15) is 25.2 Å².